The van der Waals surface area contributed by atoms with E-state index in [9.17, 15) is 14.0 Å². The zero-order valence-corrected chi connectivity index (χ0v) is 20.5. The molecule has 1 aliphatic heterocycles. The first-order valence-corrected chi connectivity index (χ1v) is 12.2. The second-order valence-corrected chi connectivity index (χ2v) is 9.06. The summed E-state index contributed by atoms with van der Waals surface area (Å²) in [6.45, 7) is 6.02. The zero-order chi connectivity index (χ0) is 25.8. The largest absolute Gasteiger partial charge is 0.369 e. The predicted octanol–water partition coefficient (Wildman–Crippen LogP) is 3.66. The summed E-state index contributed by atoms with van der Waals surface area (Å²) in [4.78, 5) is 28.6. The van der Waals surface area contributed by atoms with Crippen LogP contribution in [0, 0.1) is 5.82 Å². The van der Waals surface area contributed by atoms with Crippen LogP contribution >= 0.6 is 0 Å². The van der Waals surface area contributed by atoms with Crippen LogP contribution in [0.3, 0.4) is 0 Å². The van der Waals surface area contributed by atoms with Gasteiger partial charge in [0.25, 0.3) is 5.91 Å². The Labute approximate surface area is 212 Å². The number of anilines is 3. The number of amides is 2. The van der Waals surface area contributed by atoms with Crippen LogP contribution in [0.2, 0.25) is 0 Å². The Morgan fingerprint density at radius 1 is 1.05 bits per heavy atom. The second kappa shape index (κ2) is 10.8. The minimum absolute atomic E-state index is 0.168. The smallest absolute Gasteiger partial charge is 0.279 e. The van der Waals surface area contributed by atoms with Crippen LogP contribution in [0.4, 0.5) is 21.6 Å². The number of aromatic nitrogens is 3. The fourth-order valence-corrected chi connectivity index (χ4v) is 4.46. The number of H-pyrrole nitrogens is 1. The van der Waals surface area contributed by atoms with Gasteiger partial charge in [-0.1, -0.05) is 5.16 Å². The van der Waals surface area contributed by atoms with Crippen molar-refractivity contribution >= 4 is 39.9 Å². The van der Waals surface area contributed by atoms with Crippen LogP contribution in [-0.4, -0.2) is 64.8 Å². The highest BCUT2D eigenvalue weighted by Gasteiger charge is 2.19. The summed E-state index contributed by atoms with van der Waals surface area (Å²) in [6.07, 6.45) is 1.56. The van der Waals surface area contributed by atoms with Gasteiger partial charge in [-0.3, -0.25) is 19.6 Å². The van der Waals surface area contributed by atoms with E-state index in [1.54, 1.807) is 24.3 Å². The van der Waals surface area contributed by atoms with Crippen molar-refractivity contribution in [1.29, 1.82) is 0 Å². The zero-order valence-electron chi connectivity index (χ0n) is 20.5. The molecule has 0 atom stereocenters. The Morgan fingerprint density at radius 2 is 1.84 bits per heavy atom. The number of hydrogen-bond donors (Lipinski definition) is 3. The van der Waals surface area contributed by atoms with Gasteiger partial charge in [0.05, 0.1) is 5.52 Å². The Kier molecular flexibility index (Phi) is 7.13. The maximum Gasteiger partial charge on any atom is 0.279 e. The Bertz CT molecular complexity index is 1390. The lowest BCUT2D eigenvalue weighted by Crippen LogP contribution is -2.46. The summed E-state index contributed by atoms with van der Waals surface area (Å²) < 4.78 is 18.5. The Morgan fingerprint density at radius 3 is 2.59 bits per heavy atom. The van der Waals surface area contributed by atoms with Gasteiger partial charge in [0.2, 0.25) is 5.91 Å². The molecule has 0 radical (unpaired) electrons. The topological polar surface area (TPSA) is 119 Å². The van der Waals surface area contributed by atoms with Crippen molar-refractivity contribution in [2.24, 2.45) is 0 Å². The maximum absolute atomic E-state index is 13.2. The van der Waals surface area contributed by atoms with Crippen LogP contribution < -0.4 is 15.5 Å². The molecule has 0 aliphatic carbocycles. The van der Waals surface area contributed by atoms with Crippen LogP contribution in [-0.2, 0) is 11.2 Å². The number of rotatable bonds is 8. The van der Waals surface area contributed by atoms with E-state index >= 15 is 0 Å². The second-order valence-electron chi connectivity index (χ2n) is 9.06. The molecule has 0 saturated carbocycles. The number of carbonyl (C=O) groups is 2. The first kappa shape index (κ1) is 24.4. The fraction of sp³-hybridized carbons (Fsp3) is 0.308. The molecule has 11 heteroatoms. The molecule has 2 aromatic heterocycles. The molecule has 192 valence electrons. The summed E-state index contributed by atoms with van der Waals surface area (Å²) in [5.74, 6) is 0.231. The van der Waals surface area contributed by atoms with E-state index in [-0.39, 0.29) is 17.4 Å². The van der Waals surface area contributed by atoms with E-state index in [4.69, 9.17) is 4.52 Å². The third-order valence-electron chi connectivity index (χ3n) is 6.37. The molecule has 5 rings (SSSR count). The third-order valence-corrected chi connectivity index (χ3v) is 6.37. The standard InChI is InChI=1S/C26H28FN7O3/c1-17(35)28-19-6-9-22-23(15-19)30-31-25(22)29-26(36)24-16-21(37-32-24)3-2-10-33-11-13-34(14-12-33)20-7-4-18(27)5-8-20/h4-9,15-16H,2-3,10-14H2,1H3,(H,28,35)(H2,29,30,31,36). The molecule has 10 nitrogen and oxygen atoms in total. The molecular formula is C26H28FN7O3. The SMILES string of the molecule is CC(=O)Nc1ccc2c(NC(=O)c3cc(CCCN4CCN(c5ccc(F)cc5)CC4)on3)n[nH]c2c1. The molecule has 3 N–H and O–H groups in total. The monoisotopic (exact) mass is 505 g/mol. The quantitative estimate of drug-likeness (QED) is 0.334. The lowest BCUT2D eigenvalue weighted by atomic mass is 10.2. The molecule has 1 aliphatic rings. The average Bonchev–Trinajstić information content (AvgIpc) is 3.52. The first-order valence-electron chi connectivity index (χ1n) is 12.2. The maximum atomic E-state index is 13.2. The van der Waals surface area contributed by atoms with Crippen molar-refractivity contribution in [1.82, 2.24) is 20.3 Å². The van der Waals surface area contributed by atoms with Crippen LogP contribution in [0.15, 0.2) is 53.1 Å². The number of fused-ring (bicyclic) bond motifs is 1. The number of halogens is 1. The lowest BCUT2D eigenvalue weighted by Gasteiger charge is -2.36. The number of aryl methyl sites for hydroxylation is 1. The predicted molar refractivity (Wildman–Crippen MR) is 138 cm³/mol. The third kappa shape index (κ3) is 5.95. The number of hydrogen-bond acceptors (Lipinski definition) is 7. The van der Waals surface area contributed by atoms with Crippen molar-refractivity contribution in [2.75, 3.05) is 48.3 Å². The number of carbonyl (C=O) groups excluding carboxylic acids is 2. The van der Waals surface area contributed by atoms with E-state index in [0.717, 1.165) is 44.8 Å². The Hall–Kier alpha value is -4.25. The molecule has 2 amide bonds. The lowest BCUT2D eigenvalue weighted by molar-refractivity contribution is -0.114. The van der Waals surface area contributed by atoms with Gasteiger partial charge in [-0.05, 0) is 55.4 Å². The van der Waals surface area contributed by atoms with Crippen molar-refractivity contribution in [3.8, 4) is 0 Å². The van der Waals surface area contributed by atoms with Crippen LogP contribution in [0.1, 0.15) is 29.6 Å². The highest BCUT2D eigenvalue weighted by atomic mass is 19.1. The summed E-state index contributed by atoms with van der Waals surface area (Å²) in [7, 11) is 0. The van der Waals surface area contributed by atoms with Gasteiger partial charge >= 0.3 is 0 Å². The van der Waals surface area contributed by atoms with E-state index in [2.05, 4.69) is 35.8 Å². The molecular weight excluding hydrogens is 477 g/mol. The van der Waals surface area contributed by atoms with Gasteiger partial charge in [0.1, 0.15) is 11.6 Å². The number of aromatic amines is 1. The average molecular weight is 506 g/mol. The van der Waals surface area contributed by atoms with E-state index in [0.29, 0.717) is 34.6 Å². The Balaban J connectivity index is 1.09. The molecule has 3 heterocycles. The van der Waals surface area contributed by atoms with E-state index in [1.165, 1.54) is 19.1 Å². The van der Waals surface area contributed by atoms with Crippen molar-refractivity contribution in [3.05, 3.63) is 65.8 Å². The van der Waals surface area contributed by atoms with E-state index in [1.807, 2.05) is 12.1 Å². The normalized spacial score (nSPS) is 14.2. The molecule has 2 aromatic carbocycles. The van der Waals surface area contributed by atoms with Gasteiger partial charge in [-0.2, -0.15) is 5.10 Å². The van der Waals surface area contributed by atoms with Crippen molar-refractivity contribution in [2.45, 2.75) is 19.8 Å². The number of benzene rings is 2. The van der Waals surface area contributed by atoms with E-state index < -0.39 is 5.91 Å². The minimum Gasteiger partial charge on any atom is -0.369 e. The first-order chi connectivity index (χ1) is 17.9. The van der Waals surface area contributed by atoms with Gasteiger partial charge in [0.15, 0.2) is 11.5 Å². The molecule has 37 heavy (non-hydrogen) atoms. The van der Waals surface area contributed by atoms with Gasteiger partial charge in [-0.25, -0.2) is 4.39 Å². The molecule has 0 unspecified atom stereocenters. The van der Waals surface area contributed by atoms with Gasteiger partial charge in [0, 0.05) is 62.4 Å². The van der Waals surface area contributed by atoms with Crippen molar-refractivity contribution < 1.29 is 18.5 Å². The summed E-state index contributed by atoms with van der Waals surface area (Å²) >= 11 is 0. The summed E-state index contributed by atoms with van der Waals surface area (Å²) in [5, 5.41) is 17.1. The summed E-state index contributed by atoms with van der Waals surface area (Å²) in [6, 6.07) is 13.6. The molecule has 4 aromatic rings. The van der Waals surface area contributed by atoms with Gasteiger partial charge < -0.3 is 20.1 Å². The highest BCUT2D eigenvalue weighted by molar-refractivity contribution is 6.07. The molecule has 1 saturated heterocycles. The number of piperazine rings is 1. The fourth-order valence-electron chi connectivity index (χ4n) is 4.46. The molecule has 0 bridgehead atoms. The number of nitrogens with zero attached hydrogens (tertiary/aromatic N) is 4. The summed E-state index contributed by atoms with van der Waals surface area (Å²) in [5.41, 5.74) is 2.55. The van der Waals surface area contributed by atoms with Crippen molar-refractivity contribution in [3.63, 3.8) is 0 Å². The van der Waals surface area contributed by atoms with Gasteiger partial charge in [-0.15, -0.1) is 0 Å². The minimum atomic E-state index is -0.411. The molecule has 1 fully saturated rings. The van der Waals surface area contributed by atoms with Crippen LogP contribution in [0.5, 0.6) is 0 Å². The van der Waals surface area contributed by atoms with Crippen LogP contribution in [0.25, 0.3) is 10.9 Å². The highest BCUT2D eigenvalue weighted by Crippen LogP contribution is 2.24. The number of nitrogens with one attached hydrogen (secondary N) is 3. The molecule has 0 spiro atoms.